The van der Waals surface area contributed by atoms with Gasteiger partial charge in [0.05, 0.1) is 7.11 Å². The molecule has 0 aliphatic carbocycles. The molecule has 0 aliphatic rings. The van der Waals surface area contributed by atoms with Crippen LogP contribution in [0.15, 0.2) is 22.7 Å². The first-order chi connectivity index (χ1) is 8.98. The second kappa shape index (κ2) is 7.88. The van der Waals surface area contributed by atoms with Crippen LogP contribution in [0.5, 0.6) is 5.75 Å². The van der Waals surface area contributed by atoms with Gasteiger partial charge >= 0.3 is 0 Å². The molecule has 0 bridgehead atoms. The fraction of sp³-hybridized carbons (Fsp3) is 0.600. The van der Waals surface area contributed by atoms with Gasteiger partial charge in [0.1, 0.15) is 5.75 Å². The van der Waals surface area contributed by atoms with Gasteiger partial charge in [-0.05, 0) is 35.6 Å². The molecule has 0 aliphatic heterocycles. The number of rotatable bonds is 8. The maximum Gasteiger partial charge on any atom is 0.119 e. The van der Waals surface area contributed by atoms with Crippen LogP contribution in [0.2, 0.25) is 0 Å². The summed E-state index contributed by atoms with van der Waals surface area (Å²) in [6, 6.07) is 6.03. The SMILES string of the molecule is COCCC(C)(C)CNCc1cc(OC)ccc1Br. The summed E-state index contributed by atoms with van der Waals surface area (Å²) in [5.74, 6) is 0.888. The molecule has 0 saturated heterocycles. The van der Waals surface area contributed by atoms with E-state index in [-0.39, 0.29) is 5.41 Å². The van der Waals surface area contributed by atoms with Gasteiger partial charge < -0.3 is 14.8 Å². The average Bonchev–Trinajstić information content (AvgIpc) is 2.38. The van der Waals surface area contributed by atoms with E-state index >= 15 is 0 Å². The third-order valence-electron chi connectivity index (χ3n) is 3.15. The molecule has 0 heterocycles. The molecule has 3 nitrogen and oxygen atoms in total. The normalized spacial score (nSPS) is 11.6. The number of ether oxygens (including phenoxy) is 2. The van der Waals surface area contributed by atoms with E-state index in [1.807, 2.05) is 12.1 Å². The molecule has 19 heavy (non-hydrogen) atoms. The summed E-state index contributed by atoms with van der Waals surface area (Å²) in [5, 5.41) is 3.50. The molecule has 0 fully saturated rings. The van der Waals surface area contributed by atoms with Crippen LogP contribution in [0.4, 0.5) is 0 Å². The van der Waals surface area contributed by atoms with Gasteiger partial charge in [0, 0.05) is 31.3 Å². The summed E-state index contributed by atoms with van der Waals surface area (Å²) in [4.78, 5) is 0. The largest absolute Gasteiger partial charge is 0.497 e. The molecule has 0 aromatic heterocycles. The first-order valence-corrected chi connectivity index (χ1v) is 7.30. The highest BCUT2D eigenvalue weighted by atomic mass is 79.9. The van der Waals surface area contributed by atoms with Crippen molar-refractivity contribution in [2.75, 3.05) is 27.4 Å². The van der Waals surface area contributed by atoms with Crippen LogP contribution in [0.1, 0.15) is 25.8 Å². The Bertz CT molecular complexity index is 394. The Kier molecular flexibility index (Phi) is 6.83. The first kappa shape index (κ1) is 16.5. The molecule has 1 rings (SSSR count). The van der Waals surface area contributed by atoms with Crippen LogP contribution in [0, 0.1) is 5.41 Å². The molecule has 108 valence electrons. The minimum atomic E-state index is 0.237. The smallest absolute Gasteiger partial charge is 0.119 e. The van der Waals surface area contributed by atoms with Gasteiger partial charge in [0.15, 0.2) is 0 Å². The van der Waals surface area contributed by atoms with E-state index in [9.17, 15) is 0 Å². The van der Waals surface area contributed by atoms with E-state index in [1.165, 1.54) is 5.56 Å². The Morgan fingerprint density at radius 3 is 2.63 bits per heavy atom. The number of hydrogen-bond acceptors (Lipinski definition) is 3. The van der Waals surface area contributed by atoms with E-state index in [0.29, 0.717) is 0 Å². The lowest BCUT2D eigenvalue weighted by molar-refractivity contribution is 0.150. The average molecular weight is 330 g/mol. The number of halogens is 1. The maximum absolute atomic E-state index is 5.25. The summed E-state index contributed by atoms with van der Waals surface area (Å²) in [6.07, 6.45) is 1.05. The topological polar surface area (TPSA) is 30.5 Å². The minimum absolute atomic E-state index is 0.237. The van der Waals surface area contributed by atoms with Crippen LogP contribution in [-0.4, -0.2) is 27.4 Å². The molecule has 1 aromatic carbocycles. The third kappa shape index (κ3) is 5.93. The van der Waals surface area contributed by atoms with E-state index in [4.69, 9.17) is 9.47 Å². The van der Waals surface area contributed by atoms with Crippen molar-refractivity contribution in [3.05, 3.63) is 28.2 Å². The Labute approximate surface area is 124 Å². The molecule has 0 unspecified atom stereocenters. The Morgan fingerprint density at radius 2 is 2.00 bits per heavy atom. The van der Waals surface area contributed by atoms with Crippen molar-refractivity contribution in [2.24, 2.45) is 5.41 Å². The zero-order valence-corrected chi connectivity index (χ0v) is 13.8. The number of benzene rings is 1. The number of hydrogen-bond donors (Lipinski definition) is 1. The molecule has 0 amide bonds. The van der Waals surface area contributed by atoms with Crippen LogP contribution >= 0.6 is 15.9 Å². The van der Waals surface area contributed by atoms with E-state index < -0.39 is 0 Å². The summed E-state index contributed by atoms with van der Waals surface area (Å²) in [7, 11) is 3.44. The fourth-order valence-electron chi connectivity index (χ4n) is 1.82. The highest BCUT2D eigenvalue weighted by Crippen LogP contribution is 2.23. The van der Waals surface area contributed by atoms with Crippen LogP contribution in [-0.2, 0) is 11.3 Å². The monoisotopic (exact) mass is 329 g/mol. The molecule has 1 N–H and O–H groups in total. The lowest BCUT2D eigenvalue weighted by Gasteiger charge is -2.24. The predicted molar refractivity (Wildman–Crippen MR) is 82.7 cm³/mol. The van der Waals surface area contributed by atoms with E-state index in [2.05, 4.69) is 41.2 Å². The Balaban J connectivity index is 2.48. The molecular formula is C15H24BrNO2. The van der Waals surface area contributed by atoms with Crippen LogP contribution < -0.4 is 10.1 Å². The van der Waals surface area contributed by atoms with Gasteiger partial charge in [-0.15, -0.1) is 0 Å². The molecular weight excluding hydrogens is 306 g/mol. The van der Waals surface area contributed by atoms with E-state index in [1.54, 1.807) is 14.2 Å². The quantitative estimate of drug-likeness (QED) is 0.790. The van der Waals surface area contributed by atoms with Gasteiger partial charge in [0.2, 0.25) is 0 Å². The van der Waals surface area contributed by atoms with Crippen molar-refractivity contribution in [2.45, 2.75) is 26.8 Å². The molecule has 4 heteroatoms. The van der Waals surface area contributed by atoms with Gasteiger partial charge in [-0.3, -0.25) is 0 Å². The molecule has 0 saturated carbocycles. The molecule has 0 spiro atoms. The van der Waals surface area contributed by atoms with Crippen molar-refractivity contribution < 1.29 is 9.47 Å². The lowest BCUT2D eigenvalue weighted by Crippen LogP contribution is -2.30. The van der Waals surface area contributed by atoms with Crippen molar-refractivity contribution in [1.29, 1.82) is 0 Å². The lowest BCUT2D eigenvalue weighted by atomic mass is 9.89. The Hall–Kier alpha value is -0.580. The molecule has 0 radical (unpaired) electrons. The van der Waals surface area contributed by atoms with Crippen molar-refractivity contribution in [3.8, 4) is 5.75 Å². The summed E-state index contributed by atoms with van der Waals surface area (Å²) in [5.41, 5.74) is 1.45. The second-order valence-corrected chi connectivity index (χ2v) is 6.32. The summed E-state index contributed by atoms with van der Waals surface area (Å²) >= 11 is 3.57. The zero-order valence-electron chi connectivity index (χ0n) is 12.3. The van der Waals surface area contributed by atoms with Crippen molar-refractivity contribution in [1.82, 2.24) is 5.32 Å². The summed E-state index contributed by atoms with van der Waals surface area (Å²) < 4.78 is 11.5. The highest BCUT2D eigenvalue weighted by Gasteiger charge is 2.17. The van der Waals surface area contributed by atoms with Crippen molar-refractivity contribution in [3.63, 3.8) is 0 Å². The third-order valence-corrected chi connectivity index (χ3v) is 3.93. The minimum Gasteiger partial charge on any atom is -0.497 e. The van der Waals surface area contributed by atoms with Gasteiger partial charge in [-0.1, -0.05) is 29.8 Å². The zero-order chi connectivity index (χ0) is 14.3. The van der Waals surface area contributed by atoms with E-state index in [0.717, 1.165) is 36.3 Å². The molecule has 0 atom stereocenters. The highest BCUT2D eigenvalue weighted by molar-refractivity contribution is 9.10. The number of nitrogens with one attached hydrogen (secondary N) is 1. The van der Waals surface area contributed by atoms with Crippen molar-refractivity contribution >= 4 is 15.9 Å². The summed E-state index contributed by atoms with van der Waals surface area (Å²) in [6.45, 7) is 7.09. The first-order valence-electron chi connectivity index (χ1n) is 6.50. The Morgan fingerprint density at radius 1 is 1.26 bits per heavy atom. The number of methoxy groups -OCH3 is 2. The van der Waals surface area contributed by atoms with Crippen LogP contribution in [0.25, 0.3) is 0 Å². The second-order valence-electron chi connectivity index (χ2n) is 5.47. The fourth-order valence-corrected chi connectivity index (χ4v) is 2.20. The van der Waals surface area contributed by atoms with Gasteiger partial charge in [-0.25, -0.2) is 0 Å². The van der Waals surface area contributed by atoms with Gasteiger partial charge in [0.25, 0.3) is 0 Å². The van der Waals surface area contributed by atoms with Crippen LogP contribution in [0.3, 0.4) is 0 Å². The predicted octanol–water partition coefficient (Wildman–Crippen LogP) is 3.61. The molecule has 1 aromatic rings. The standard InChI is InChI=1S/C15H24BrNO2/c1-15(2,7-8-18-3)11-17-10-12-9-13(19-4)5-6-14(12)16/h5-6,9,17H,7-8,10-11H2,1-4H3. The van der Waals surface area contributed by atoms with Gasteiger partial charge in [-0.2, -0.15) is 0 Å². The maximum atomic E-state index is 5.25.